The molecule has 0 spiro atoms. The number of hydrogen-bond donors (Lipinski definition) is 4. The van der Waals surface area contributed by atoms with Gasteiger partial charge in [0.15, 0.2) is 0 Å². The van der Waals surface area contributed by atoms with Crippen molar-refractivity contribution in [2.45, 2.75) is 31.3 Å². The standard InChI is InChI=1S/C8H13N3O4/c9-6(12)3-5(7(13)14)11-8(15)10-4-1-2-4/h4-5H,1-3H2,(H2,9,12)(H,13,14)(H2,10,11,15)/t5-/m1/s1. The molecule has 7 heteroatoms. The fourth-order valence-corrected chi connectivity index (χ4v) is 1.01. The van der Waals surface area contributed by atoms with E-state index < -0.39 is 30.4 Å². The van der Waals surface area contributed by atoms with Crippen LogP contribution in [-0.4, -0.2) is 35.1 Å². The summed E-state index contributed by atoms with van der Waals surface area (Å²) < 4.78 is 0. The van der Waals surface area contributed by atoms with E-state index in [1.165, 1.54) is 0 Å². The average molecular weight is 215 g/mol. The lowest BCUT2D eigenvalue weighted by Gasteiger charge is -2.13. The van der Waals surface area contributed by atoms with Crippen LogP contribution in [-0.2, 0) is 9.59 Å². The van der Waals surface area contributed by atoms with Crippen molar-refractivity contribution in [1.82, 2.24) is 10.6 Å². The first-order chi connectivity index (χ1) is 6.99. The Hall–Kier alpha value is -1.79. The van der Waals surface area contributed by atoms with Gasteiger partial charge in [0, 0.05) is 6.04 Å². The zero-order chi connectivity index (χ0) is 11.4. The second kappa shape index (κ2) is 4.63. The molecular formula is C8H13N3O4. The van der Waals surface area contributed by atoms with Gasteiger partial charge in [-0.3, -0.25) is 4.79 Å². The highest BCUT2D eigenvalue weighted by atomic mass is 16.4. The predicted octanol–water partition coefficient (Wildman–Crippen LogP) is -1.22. The summed E-state index contributed by atoms with van der Waals surface area (Å²) in [5.41, 5.74) is 4.85. The van der Waals surface area contributed by atoms with Crippen molar-refractivity contribution in [1.29, 1.82) is 0 Å². The number of primary amides is 1. The summed E-state index contributed by atoms with van der Waals surface area (Å²) in [6, 6.07) is -1.71. The minimum Gasteiger partial charge on any atom is -0.480 e. The predicted molar refractivity (Wildman–Crippen MR) is 49.9 cm³/mol. The van der Waals surface area contributed by atoms with E-state index in [-0.39, 0.29) is 6.04 Å². The van der Waals surface area contributed by atoms with E-state index >= 15 is 0 Å². The highest BCUT2D eigenvalue weighted by Gasteiger charge is 2.26. The maximum atomic E-state index is 11.2. The Balaban J connectivity index is 2.38. The van der Waals surface area contributed by atoms with Crippen LogP contribution in [0.4, 0.5) is 4.79 Å². The van der Waals surface area contributed by atoms with Crippen LogP contribution in [0.5, 0.6) is 0 Å². The number of rotatable bonds is 5. The van der Waals surface area contributed by atoms with E-state index in [1.54, 1.807) is 0 Å². The maximum absolute atomic E-state index is 11.2. The largest absolute Gasteiger partial charge is 0.480 e. The van der Waals surface area contributed by atoms with Crippen molar-refractivity contribution in [2.24, 2.45) is 5.73 Å². The van der Waals surface area contributed by atoms with Gasteiger partial charge in [0.1, 0.15) is 6.04 Å². The van der Waals surface area contributed by atoms with Crippen LogP contribution in [0.2, 0.25) is 0 Å². The Morgan fingerprint density at radius 3 is 2.40 bits per heavy atom. The minimum atomic E-state index is -1.28. The Morgan fingerprint density at radius 1 is 1.40 bits per heavy atom. The number of nitrogens with one attached hydrogen (secondary N) is 2. The summed E-state index contributed by atoms with van der Waals surface area (Å²) >= 11 is 0. The monoisotopic (exact) mass is 215 g/mol. The normalized spacial score (nSPS) is 16.5. The Labute approximate surface area is 86.0 Å². The third-order valence-electron chi connectivity index (χ3n) is 1.92. The SMILES string of the molecule is NC(=O)C[C@@H](NC(=O)NC1CC1)C(=O)O. The number of carbonyl (C=O) groups excluding carboxylic acids is 2. The fourth-order valence-electron chi connectivity index (χ4n) is 1.01. The first kappa shape index (κ1) is 11.3. The molecule has 0 bridgehead atoms. The highest BCUT2D eigenvalue weighted by molar-refractivity contribution is 5.87. The van der Waals surface area contributed by atoms with Gasteiger partial charge in [0.2, 0.25) is 5.91 Å². The van der Waals surface area contributed by atoms with Crippen molar-refractivity contribution in [2.75, 3.05) is 0 Å². The summed E-state index contributed by atoms with van der Waals surface area (Å²) in [4.78, 5) is 32.3. The van der Waals surface area contributed by atoms with Crippen molar-refractivity contribution in [3.05, 3.63) is 0 Å². The fraction of sp³-hybridized carbons (Fsp3) is 0.625. The molecule has 0 aromatic carbocycles. The molecule has 1 saturated carbocycles. The molecule has 0 heterocycles. The minimum absolute atomic E-state index is 0.132. The summed E-state index contributed by atoms with van der Waals surface area (Å²) in [5, 5.41) is 13.4. The zero-order valence-corrected chi connectivity index (χ0v) is 8.03. The van der Waals surface area contributed by atoms with E-state index in [0.29, 0.717) is 0 Å². The molecule has 0 saturated heterocycles. The van der Waals surface area contributed by atoms with E-state index in [2.05, 4.69) is 10.6 Å². The molecule has 0 aromatic rings. The molecule has 1 fully saturated rings. The van der Waals surface area contributed by atoms with Crippen molar-refractivity contribution in [3.8, 4) is 0 Å². The van der Waals surface area contributed by atoms with E-state index in [1.807, 2.05) is 0 Å². The molecule has 1 aliphatic rings. The van der Waals surface area contributed by atoms with Crippen LogP contribution in [0.3, 0.4) is 0 Å². The molecule has 1 aliphatic carbocycles. The molecule has 3 amide bonds. The average Bonchev–Trinajstić information content (AvgIpc) is 2.85. The van der Waals surface area contributed by atoms with E-state index in [9.17, 15) is 14.4 Å². The molecule has 0 unspecified atom stereocenters. The van der Waals surface area contributed by atoms with Crippen LogP contribution < -0.4 is 16.4 Å². The maximum Gasteiger partial charge on any atom is 0.326 e. The number of hydrogen-bond acceptors (Lipinski definition) is 3. The number of nitrogens with two attached hydrogens (primary N) is 1. The number of aliphatic carboxylic acids is 1. The van der Waals surface area contributed by atoms with Gasteiger partial charge in [0.25, 0.3) is 0 Å². The zero-order valence-electron chi connectivity index (χ0n) is 8.03. The smallest absolute Gasteiger partial charge is 0.326 e. The molecule has 0 aliphatic heterocycles. The van der Waals surface area contributed by atoms with Crippen molar-refractivity contribution >= 4 is 17.9 Å². The van der Waals surface area contributed by atoms with Crippen molar-refractivity contribution < 1.29 is 19.5 Å². The van der Waals surface area contributed by atoms with Gasteiger partial charge in [-0.1, -0.05) is 0 Å². The number of carboxylic acids is 1. The van der Waals surface area contributed by atoms with Crippen LogP contribution >= 0.6 is 0 Å². The molecule has 84 valence electrons. The molecule has 7 nitrogen and oxygen atoms in total. The van der Waals surface area contributed by atoms with Gasteiger partial charge in [-0.15, -0.1) is 0 Å². The topological polar surface area (TPSA) is 122 Å². The van der Waals surface area contributed by atoms with E-state index in [4.69, 9.17) is 10.8 Å². The lowest BCUT2D eigenvalue weighted by atomic mass is 10.2. The second-order valence-corrected chi connectivity index (χ2v) is 3.45. The molecule has 5 N–H and O–H groups in total. The molecular weight excluding hydrogens is 202 g/mol. The van der Waals surface area contributed by atoms with Crippen LogP contribution in [0, 0.1) is 0 Å². The summed E-state index contributed by atoms with van der Waals surface area (Å²) in [5.74, 6) is -2.05. The molecule has 0 aromatic heterocycles. The second-order valence-electron chi connectivity index (χ2n) is 3.45. The quantitative estimate of drug-likeness (QED) is 0.459. The number of carbonyl (C=O) groups is 3. The molecule has 1 rings (SSSR count). The first-order valence-electron chi connectivity index (χ1n) is 4.57. The van der Waals surface area contributed by atoms with Gasteiger partial charge in [-0.05, 0) is 12.8 Å². The van der Waals surface area contributed by atoms with Crippen LogP contribution in [0.25, 0.3) is 0 Å². The Morgan fingerprint density at radius 2 is 2.00 bits per heavy atom. The number of urea groups is 1. The Kier molecular flexibility index (Phi) is 3.48. The van der Waals surface area contributed by atoms with Gasteiger partial charge in [0.05, 0.1) is 6.42 Å². The summed E-state index contributed by atoms with van der Waals surface area (Å²) in [6.07, 6.45) is 1.40. The lowest BCUT2D eigenvalue weighted by Crippen LogP contribution is -2.48. The van der Waals surface area contributed by atoms with Gasteiger partial charge >= 0.3 is 12.0 Å². The Bertz CT molecular complexity index is 288. The van der Waals surface area contributed by atoms with Gasteiger partial charge < -0.3 is 21.5 Å². The lowest BCUT2D eigenvalue weighted by molar-refractivity contribution is -0.140. The number of carboxylic acid groups (broad SMARTS) is 1. The van der Waals surface area contributed by atoms with Crippen LogP contribution in [0.1, 0.15) is 19.3 Å². The van der Waals surface area contributed by atoms with Gasteiger partial charge in [-0.2, -0.15) is 0 Å². The van der Waals surface area contributed by atoms with E-state index in [0.717, 1.165) is 12.8 Å². The molecule has 15 heavy (non-hydrogen) atoms. The molecule has 1 atom stereocenters. The first-order valence-corrected chi connectivity index (χ1v) is 4.57. The third-order valence-corrected chi connectivity index (χ3v) is 1.92. The number of amides is 3. The van der Waals surface area contributed by atoms with Crippen LogP contribution in [0.15, 0.2) is 0 Å². The highest BCUT2D eigenvalue weighted by Crippen LogP contribution is 2.18. The molecule has 0 radical (unpaired) electrons. The van der Waals surface area contributed by atoms with Crippen molar-refractivity contribution in [3.63, 3.8) is 0 Å². The third kappa shape index (κ3) is 4.30. The summed E-state index contributed by atoms with van der Waals surface area (Å²) in [7, 11) is 0. The summed E-state index contributed by atoms with van der Waals surface area (Å²) in [6.45, 7) is 0. The van der Waals surface area contributed by atoms with Gasteiger partial charge in [-0.25, -0.2) is 9.59 Å².